The predicted octanol–water partition coefficient (Wildman–Crippen LogP) is 3.76. The van der Waals surface area contributed by atoms with Crippen molar-refractivity contribution in [1.29, 1.82) is 0 Å². The SMILES string of the molecule is CCOC(=O)/C=C/c1ccc(-c2ccc(Cl)c(N)c2)o1. The van der Waals surface area contributed by atoms with Crippen molar-refractivity contribution in [2.24, 2.45) is 0 Å². The largest absolute Gasteiger partial charge is 0.463 e. The van der Waals surface area contributed by atoms with Gasteiger partial charge in [-0.1, -0.05) is 11.6 Å². The standard InChI is InChI=1S/C15H14ClNO3/c1-2-19-15(18)8-5-11-4-7-14(20-11)10-3-6-12(16)13(17)9-10/h3-9H,2,17H2,1H3/b8-5+. The Balaban J connectivity index is 2.16. The maximum absolute atomic E-state index is 11.2. The van der Waals surface area contributed by atoms with E-state index in [0.29, 0.717) is 28.8 Å². The molecule has 0 radical (unpaired) electrons. The number of carbonyl (C=O) groups is 1. The molecule has 1 aromatic heterocycles. The Morgan fingerprint density at radius 3 is 2.90 bits per heavy atom. The lowest BCUT2D eigenvalue weighted by Gasteiger charge is -2.00. The second-order valence-electron chi connectivity index (χ2n) is 4.02. The lowest BCUT2D eigenvalue weighted by molar-refractivity contribution is -0.137. The van der Waals surface area contributed by atoms with Gasteiger partial charge >= 0.3 is 5.97 Å². The molecule has 0 saturated carbocycles. The van der Waals surface area contributed by atoms with Gasteiger partial charge in [-0.25, -0.2) is 4.79 Å². The first-order valence-corrected chi connectivity index (χ1v) is 6.48. The summed E-state index contributed by atoms with van der Waals surface area (Å²) >= 11 is 5.87. The molecule has 2 rings (SSSR count). The molecule has 20 heavy (non-hydrogen) atoms. The zero-order valence-electron chi connectivity index (χ0n) is 10.9. The third-order valence-electron chi connectivity index (χ3n) is 2.58. The van der Waals surface area contributed by atoms with Gasteiger partial charge in [-0.2, -0.15) is 0 Å². The minimum absolute atomic E-state index is 0.344. The lowest BCUT2D eigenvalue weighted by Crippen LogP contribution is -1.98. The number of ether oxygens (including phenoxy) is 1. The van der Waals surface area contributed by atoms with Crippen LogP contribution < -0.4 is 5.73 Å². The summed E-state index contributed by atoms with van der Waals surface area (Å²) in [4.78, 5) is 11.2. The zero-order chi connectivity index (χ0) is 14.5. The molecule has 0 aliphatic carbocycles. The molecule has 2 aromatic rings. The minimum atomic E-state index is -0.402. The average Bonchev–Trinajstić information content (AvgIpc) is 2.89. The number of hydrogen-bond acceptors (Lipinski definition) is 4. The maximum atomic E-state index is 11.2. The number of rotatable bonds is 4. The first-order chi connectivity index (χ1) is 9.60. The van der Waals surface area contributed by atoms with E-state index in [1.165, 1.54) is 6.08 Å². The Morgan fingerprint density at radius 2 is 2.20 bits per heavy atom. The van der Waals surface area contributed by atoms with Crippen molar-refractivity contribution in [1.82, 2.24) is 0 Å². The summed E-state index contributed by atoms with van der Waals surface area (Å²) in [5.41, 5.74) is 7.06. The first kappa shape index (κ1) is 14.2. The summed E-state index contributed by atoms with van der Waals surface area (Å²) in [7, 11) is 0. The van der Waals surface area contributed by atoms with E-state index in [9.17, 15) is 4.79 Å². The molecule has 0 unspecified atom stereocenters. The Labute approximate surface area is 121 Å². The number of anilines is 1. The van der Waals surface area contributed by atoms with Crippen molar-refractivity contribution >= 4 is 29.3 Å². The van der Waals surface area contributed by atoms with E-state index in [1.54, 1.807) is 37.3 Å². The quantitative estimate of drug-likeness (QED) is 0.529. The average molecular weight is 292 g/mol. The molecule has 0 saturated heterocycles. The Bertz CT molecular complexity index is 646. The van der Waals surface area contributed by atoms with E-state index in [2.05, 4.69) is 0 Å². The molecule has 0 aliphatic heterocycles. The normalized spacial score (nSPS) is 10.9. The van der Waals surface area contributed by atoms with Gasteiger partial charge in [0.1, 0.15) is 11.5 Å². The molecule has 0 fully saturated rings. The maximum Gasteiger partial charge on any atom is 0.330 e. The fraction of sp³-hybridized carbons (Fsp3) is 0.133. The van der Waals surface area contributed by atoms with Crippen molar-refractivity contribution in [3.05, 3.63) is 47.2 Å². The molecule has 0 aliphatic rings. The second kappa shape index (κ2) is 6.30. The van der Waals surface area contributed by atoms with Gasteiger partial charge in [0.25, 0.3) is 0 Å². The van der Waals surface area contributed by atoms with Crippen molar-refractivity contribution in [2.45, 2.75) is 6.92 Å². The highest BCUT2D eigenvalue weighted by atomic mass is 35.5. The highest BCUT2D eigenvalue weighted by molar-refractivity contribution is 6.33. The van der Waals surface area contributed by atoms with Crippen LogP contribution in [0.5, 0.6) is 0 Å². The monoisotopic (exact) mass is 291 g/mol. The summed E-state index contributed by atoms with van der Waals surface area (Å²) < 4.78 is 10.4. The van der Waals surface area contributed by atoms with E-state index in [1.807, 2.05) is 6.07 Å². The van der Waals surface area contributed by atoms with E-state index >= 15 is 0 Å². The second-order valence-corrected chi connectivity index (χ2v) is 4.43. The molecule has 1 aromatic carbocycles. The van der Waals surface area contributed by atoms with E-state index in [-0.39, 0.29) is 0 Å². The van der Waals surface area contributed by atoms with Gasteiger partial charge in [0.15, 0.2) is 0 Å². The van der Waals surface area contributed by atoms with Crippen molar-refractivity contribution in [3.63, 3.8) is 0 Å². The molecule has 0 amide bonds. The number of esters is 1. The van der Waals surface area contributed by atoms with Crippen LogP contribution in [0.4, 0.5) is 5.69 Å². The Hall–Kier alpha value is -2.20. The minimum Gasteiger partial charge on any atom is -0.463 e. The van der Waals surface area contributed by atoms with E-state index in [4.69, 9.17) is 26.5 Å². The Kier molecular flexibility index (Phi) is 4.48. The topological polar surface area (TPSA) is 65.5 Å². The van der Waals surface area contributed by atoms with Crippen LogP contribution >= 0.6 is 11.6 Å². The number of hydrogen-bond donors (Lipinski definition) is 1. The van der Waals surface area contributed by atoms with Gasteiger partial charge in [-0.05, 0) is 43.3 Å². The number of nitrogen functional groups attached to an aromatic ring is 1. The van der Waals surface area contributed by atoms with Gasteiger partial charge < -0.3 is 14.9 Å². The van der Waals surface area contributed by atoms with Crippen LogP contribution in [0.2, 0.25) is 5.02 Å². The molecule has 2 N–H and O–H groups in total. The summed E-state index contributed by atoms with van der Waals surface area (Å²) in [6.07, 6.45) is 2.88. The molecule has 4 nitrogen and oxygen atoms in total. The number of halogens is 1. The van der Waals surface area contributed by atoms with Crippen LogP contribution in [0, 0.1) is 0 Å². The molecule has 5 heteroatoms. The van der Waals surface area contributed by atoms with Crippen LogP contribution in [-0.2, 0) is 9.53 Å². The van der Waals surface area contributed by atoms with Gasteiger partial charge in [0.05, 0.1) is 17.3 Å². The number of nitrogens with two attached hydrogens (primary N) is 1. The van der Waals surface area contributed by atoms with Crippen LogP contribution in [0.3, 0.4) is 0 Å². The van der Waals surface area contributed by atoms with E-state index < -0.39 is 5.97 Å². The van der Waals surface area contributed by atoms with Crippen molar-refractivity contribution in [2.75, 3.05) is 12.3 Å². The fourth-order valence-corrected chi connectivity index (χ4v) is 1.75. The van der Waals surface area contributed by atoms with Crippen LogP contribution in [0.15, 0.2) is 40.8 Å². The molecule has 0 bridgehead atoms. The highest BCUT2D eigenvalue weighted by Crippen LogP contribution is 2.28. The molecule has 104 valence electrons. The molecule has 1 heterocycles. The summed E-state index contributed by atoms with van der Waals surface area (Å²) in [6, 6.07) is 8.82. The summed E-state index contributed by atoms with van der Waals surface area (Å²) in [5, 5.41) is 0.503. The molecule has 0 spiro atoms. The number of furan rings is 1. The lowest BCUT2D eigenvalue weighted by atomic mass is 10.1. The third kappa shape index (κ3) is 3.42. The molecular formula is C15H14ClNO3. The molecular weight excluding hydrogens is 278 g/mol. The number of benzene rings is 1. The van der Waals surface area contributed by atoms with Gasteiger partial charge in [-0.15, -0.1) is 0 Å². The van der Waals surface area contributed by atoms with Crippen LogP contribution in [0.25, 0.3) is 17.4 Å². The van der Waals surface area contributed by atoms with Crippen LogP contribution in [0.1, 0.15) is 12.7 Å². The molecule has 0 atom stereocenters. The van der Waals surface area contributed by atoms with Gasteiger partial charge in [0, 0.05) is 11.6 Å². The van der Waals surface area contributed by atoms with Crippen molar-refractivity contribution < 1.29 is 13.9 Å². The predicted molar refractivity (Wildman–Crippen MR) is 79.2 cm³/mol. The fourth-order valence-electron chi connectivity index (χ4n) is 1.64. The first-order valence-electron chi connectivity index (χ1n) is 6.10. The Morgan fingerprint density at radius 1 is 1.40 bits per heavy atom. The van der Waals surface area contributed by atoms with Crippen molar-refractivity contribution in [3.8, 4) is 11.3 Å². The van der Waals surface area contributed by atoms with E-state index in [0.717, 1.165) is 5.56 Å². The zero-order valence-corrected chi connectivity index (χ0v) is 11.7. The highest BCUT2D eigenvalue weighted by Gasteiger charge is 2.05. The van der Waals surface area contributed by atoms with Gasteiger partial charge in [-0.3, -0.25) is 0 Å². The number of carbonyl (C=O) groups excluding carboxylic acids is 1. The summed E-state index contributed by atoms with van der Waals surface area (Å²) in [6.45, 7) is 2.10. The summed E-state index contributed by atoms with van der Waals surface area (Å²) in [5.74, 6) is 0.805. The third-order valence-corrected chi connectivity index (χ3v) is 2.92. The van der Waals surface area contributed by atoms with Gasteiger partial charge in [0.2, 0.25) is 0 Å². The van der Waals surface area contributed by atoms with Crippen LogP contribution in [-0.4, -0.2) is 12.6 Å². The smallest absolute Gasteiger partial charge is 0.330 e.